The molecule has 0 atom stereocenters. The molecule has 0 aliphatic carbocycles. The van der Waals surface area contributed by atoms with Gasteiger partial charge < -0.3 is 4.74 Å². The van der Waals surface area contributed by atoms with E-state index in [1.54, 1.807) is 18.2 Å². The summed E-state index contributed by atoms with van der Waals surface area (Å²) in [6.07, 6.45) is 0. The molecule has 4 heteroatoms. The Hall–Kier alpha value is -2.49. The van der Waals surface area contributed by atoms with Crippen molar-refractivity contribution in [3.63, 3.8) is 0 Å². The van der Waals surface area contributed by atoms with Gasteiger partial charge in [0.25, 0.3) is 0 Å². The first-order valence-corrected chi connectivity index (χ1v) is 5.61. The van der Waals surface area contributed by atoms with E-state index in [1.807, 2.05) is 0 Å². The molecule has 0 fully saturated rings. The van der Waals surface area contributed by atoms with Crippen LogP contribution in [0.3, 0.4) is 0 Å². The summed E-state index contributed by atoms with van der Waals surface area (Å²) in [7, 11) is 1.36. The first-order chi connectivity index (χ1) is 9.13. The number of hydrogen-bond acceptors (Lipinski definition) is 3. The van der Waals surface area contributed by atoms with Crippen molar-refractivity contribution in [1.29, 1.82) is 0 Å². The first-order valence-electron chi connectivity index (χ1n) is 5.61. The van der Waals surface area contributed by atoms with Gasteiger partial charge in [-0.3, -0.25) is 9.59 Å². The van der Waals surface area contributed by atoms with Gasteiger partial charge in [0.2, 0.25) is 11.6 Å². The van der Waals surface area contributed by atoms with Crippen molar-refractivity contribution in [2.75, 3.05) is 7.11 Å². The fourth-order valence-corrected chi connectivity index (χ4v) is 1.70. The molecule has 0 radical (unpaired) electrons. The highest BCUT2D eigenvalue weighted by molar-refractivity contribution is 6.49. The standard InChI is InChI=1S/C15H11FO3/c1-19-13-8-7-11(16)9-12(13)15(18)14(17)10-5-3-2-4-6-10/h2-9H,1H3. The van der Waals surface area contributed by atoms with Crippen molar-refractivity contribution in [3.05, 3.63) is 65.5 Å². The Bertz CT molecular complexity index is 621. The minimum atomic E-state index is -0.789. The van der Waals surface area contributed by atoms with E-state index in [-0.39, 0.29) is 16.9 Å². The Morgan fingerprint density at radius 3 is 2.32 bits per heavy atom. The maximum absolute atomic E-state index is 13.2. The number of carbonyl (C=O) groups excluding carboxylic acids is 2. The Labute approximate surface area is 109 Å². The van der Waals surface area contributed by atoms with Crippen molar-refractivity contribution in [2.24, 2.45) is 0 Å². The van der Waals surface area contributed by atoms with Gasteiger partial charge in [0, 0.05) is 5.56 Å². The van der Waals surface area contributed by atoms with Gasteiger partial charge in [-0.1, -0.05) is 30.3 Å². The molecule has 0 saturated carbocycles. The summed E-state index contributed by atoms with van der Waals surface area (Å²) >= 11 is 0. The number of halogens is 1. The molecule has 2 aromatic carbocycles. The zero-order chi connectivity index (χ0) is 13.8. The summed E-state index contributed by atoms with van der Waals surface area (Å²) in [6, 6.07) is 11.6. The Balaban J connectivity index is 2.40. The van der Waals surface area contributed by atoms with E-state index in [0.29, 0.717) is 0 Å². The van der Waals surface area contributed by atoms with E-state index in [2.05, 4.69) is 0 Å². The predicted molar refractivity (Wildman–Crippen MR) is 68.1 cm³/mol. The van der Waals surface area contributed by atoms with Crippen molar-refractivity contribution in [3.8, 4) is 5.75 Å². The minimum absolute atomic E-state index is 0.0728. The number of carbonyl (C=O) groups is 2. The maximum atomic E-state index is 13.2. The quantitative estimate of drug-likeness (QED) is 0.625. The molecular weight excluding hydrogens is 247 g/mol. The second-order valence-electron chi connectivity index (χ2n) is 3.87. The largest absolute Gasteiger partial charge is 0.496 e. The monoisotopic (exact) mass is 258 g/mol. The molecule has 3 nitrogen and oxygen atoms in total. The highest BCUT2D eigenvalue weighted by atomic mass is 19.1. The molecular formula is C15H11FO3. The van der Waals surface area contributed by atoms with Crippen LogP contribution < -0.4 is 4.74 Å². The van der Waals surface area contributed by atoms with Crippen LogP contribution >= 0.6 is 0 Å². The highest BCUT2D eigenvalue weighted by Crippen LogP contribution is 2.21. The molecule has 0 aliphatic rings. The third-order valence-corrected chi connectivity index (χ3v) is 2.65. The summed E-state index contributed by atoms with van der Waals surface area (Å²) < 4.78 is 18.2. The Morgan fingerprint density at radius 1 is 1.00 bits per heavy atom. The number of methoxy groups -OCH3 is 1. The van der Waals surface area contributed by atoms with Gasteiger partial charge in [0.15, 0.2) is 0 Å². The van der Waals surface area contributed by atoms with Gasteiger partial charge in [-0.05, 0) is 18.2 Å². The molecule has 0 bridgehead atoms. The van der Waals surface area contributed by atoms with E-state index in [0.717, 1.165) is 6.07 Å². The molecule has 2 aromatic rings. The van der Waals surface area contributed by atoms with Crippen LogP contribution in [0, 0.1) is 5.82 Å². The molecule has 2 rings (SSSR count). The maximum Gasteiger partial charge on any atom is 0.237 e. The number of ketones is 2. The minimum Gasteiger partial charge on any atom is -0.496 e. The number of Topliss-reactive ketones (excluding diaryl/α,β-unsaturated/α-hetero) is 2. The Kier molecular flexibility index (Phi) is 3.71. The smallest absolute Gasteiger partial charge is 0.237 e. The van der Waals surface area contributed by atoms with Crippen LogP contribution in [0.1, 0.15) is 20.7 Å². The number of benzene rings is 2. The van der Waals surface area contributed by atoms with Gasteiger partial charge in [-0.15, -0.1) is 0 Å². The van der Waals surface area contributed by atoms with Gasteiger partial charge in [-0.2, -0.15) is 0 Å². The van der Waals surface area contributed by atoms with E-state index in [1.165, 1.54) is 31.4 Å². The van der Waals surface area contributed by atoms with Gasteiger partial charge in [-0.25, -0.2) is 4.39 Å². The third kappa shape index (κ3) is 2.68. The zero-order valence-electron chi connectivity index (χ0n) is 10.2. The van der Waals surface area contributed by atoms with E-state index < -0.39 is 17.4 Å². The second-order valence-corrected chi connectivity index (χ2v) is 3.87. The summed E-state index contributed by atoms with van der Waals surface area (Å²) in [5.41, 5.74) is 0.190. The highest BCUT2D eigenvalue weighted by Gasteiger charge is 2.22. The summed E-state index contributed by atoms with van der Waals surface area (Å²) in [5.74, 6) is -1.90. The molecule has 0 heterocycles. The fraction of sp³-hybridized carbons (Fsp3) is 0.0667. The average Bonchev–Trinajstić information content (AvgIpc) is 2.46. The molecule has 0 aliphatic heterocycles. The van der Waals surface area contributed by atoms with E-state index in [9.17, 15) is 14.0 Å². The van der Waals surface area contributed by atoms with Crippen LogP contribution in [0.2, 0.25) is 0 Å². The normalized spacial score (nSPS) is 10.0. The number of rotatable bonds is 4. The lowest BCUT2D eigenvalue weighted by Gasteiger charge is -2.07. The second kappa shape index (κ2) is 5.44. The van der Waals surface area contributed by atoms with Crippen LogP contribution in [-0.4, -0.2) is 18.7 Å². The predicted octanol–water partition coefficient (Wildman–Crippen LogP) is 2.90. The van der Waals surface area contributed by atoms with Crippen LogP contribution in [-0.2, 0) is 0 Å². The van der Waals surface area contributed by atoms with Crippen LogP contribution in [0.4, 0.5) is 4.39 Å². The van der Waals surface area contributed by atoms with Crippen molar-refractivity contribution in [1.82, 2.24) is 0 Å². The van der Waals surface area contributed by atoms with Gasteiger partial charge in [0.05, 0.1) is 12.7 Å². The average molecular weight is 258 g/mol. The van der Waals surface area contributed by atoms with Gasteiger partial charge >= 0.3 is 0 Å². The molecule has 0 aromatic heterocycles. The van der Waals surface area contributed by atoms with Crippen molar-refractivity contribution in [2.45, 2.75) is 0 Å². The van der Waals surface area contributed by atoms with Gasteiger partial charge in [0.1, 0.15) is 11.6 Å². The fourth-order valence-electron chi connectivity index (χ4n) is 1.70. The molecule has 96 valence electrons. The zero-order valence-corrected chi connectivity index (χ0v) is 10.2. The van der Waals surface area contributed by atoms with Crippen LogP contribution in [0.25, 0.3) is 0 Å². The molecule has 0 spiro atoms. The van der Waals surface area contributed by atoms with E-state index >= 15 is 0 Å². The lowest BCUT2D eigenvalue weighted by atomic mass is 10.0. The SMILES string of the molecule is COc1ccc(F)cc1C(=O)C(=O)c1ccccc1. The topological polar surface area (TPSA) is 43.4 Å². The molecule has 0 amide bonds. The van der Waals surface area contributed by atoms with Crippen molar-refractivity contribution >= 4 is 11.6 Å². The molecule has 0 unspecified atom stereocenters. The van der Waals surface area contributed by atoms with Crippen molar-refractivity contribution < 1.29 is 18.7 Å². The van der Waals surface area contributed by atoms with E-state index in [4.69, 9.17) is 4.74 Å². The molecule has 0 saturated heterocycles. The lowest BCUT2D eigenvalue weighted by molar-refractivity contribution is 0.0815. The number of hydrogen-bond donors (Lipinski definition) is 0. The first kappa shape index (κ1) is 13.0. The third-order valence-electron chi connectivity index (χ3n) is 2.65. The van der Waals surface area contributed by atoms with Crippen LogP contribution in [0.15, 0.2) is 48.5 Å². The molecule has 19 heavy (non-hydrogen) atoms. The lowest BCUT2D eigenvalue weighted by Crippen LogP contribution is -2.15. The summed E-state index contributed by atoms with van der Waals surface area (Å²) in [5, 5.41) is 0. The summed E-state index contributed by atoms with van der Waals surface area (Å²) in [6.45, 7) is 0. The summed E-state index contributed by atoms with van der Waals surface area (Å²) in [4.78, 5) is 24.1. The van der Waals surface area contributed by atoms with Crippen LogP contribution in [0.5, 0.6) is 5.75 Å². The Morgan fingerprint density at radius 2 is 1.68 bits per heavy atom. The number of ether oxygens (including phenoxy) is 1. The molecule has 0 N–H and O–H groups in total.